The van der Waals surface area contributed by atoms with Crippen molar-refractivity contribution in [2.24, 2.45) is 0 Å². The number of hydrogen-bond acceptors (Lipinski definition) is 6. The number of nitrogen functional groups attached to an aromatic ring is 1. The monoisotopic (exact) mass is 719 g/mol. The Bertz CT molecular complexity index is 1730. The Morgan fingerprint density at radius 1 is 0.961 bits per heavy atom. The average molecular weight is 720 g/mol. The fourth-order valence-corrected chi connectivity index (χ4v) is 5.19. The van der Waals surface area contributed by atoms with Gasteiger partial charge in [0.15, 0.2) is 0 Å². The summed E-state index contributed by atoms with van der Waals surface area (Å²) in [6, 6.07) is 8.07. The van der Waals surface area contributed by atoms with Crippen molar-refractivity contribution in [3.8, 4) is 11.3 Å². The van der Waals surface area contributed by atoms with Crippen molar-refractivity contribution in [3.05, 3.63) is 82.8 Å². The van der Waals surface area contributed by atoms with E-state index in [1.165, 1.54) is 43.5 Å². The van der Waals surface area contributed by atoms with Gasteiger partial charge in [0.05, 0.1) is 22.8 Å². The molecule has 4 rings (SSSR count). The number of carbonyl (C=O) groups excluding carboxylic acids is 1. The molecule has 2 aromatic carbocycles. The lowest BCUT2D eigenvalue weighted by atomic mass is 9.94. The van der Waals surface area contributed by atoms with Crippen LogP contribution in [0.1, 0.15) is 95.8 Å². The number of nitrogens with one attached hydrogen (secondary N) is 2. The number of fused-ring (bicyclic) bond motifs is 1. The van der Waals surface area contributed by atoms with Crippen molar-refractivity contribution in [1.29, 1.82) is 0 Å². The molecule has 0 aliphatic heterocycles. The summed E-state index contributed by atoms with van der Waals surface area (Å²) in [5.41, 5.74) is 5.96. The lowest BCUT2D eigenvalue weighted by molar-refractivity contribution is -0.139. The van der Waals surface area contributed by atoms with Gasteiger partial charge in [-0.1, -0.05) is 66.7 Å². The van der Waals surface area contributed by atoms with Gasteiger partial charge in [0.1, 0.15) is 17.7 Å². The molecule has 280 valence electrons. The smallest absolute Gasteiger partial charge is 0.326 e. The van der Waals surface area contributed by atoms with Gasteiger partial charge < -0.3 is 21.5 Å². The molecule has 2 atom stereocenters. The molecule has 2 heterocycles. The van der Waals surface area contributed by atoms with E-state index in [-0.39, 0.29) is 52.2 Å². The van der Waals surface area contributed by atoms with E-state index in [2.05, 4.69) is 20.6 Å². The third kappa shape index (κ3) is 11.3. The average Bonchev–Trinajstić information content (AvgIpc) is 3.08. The van der Waals surface area contributed by atoms with Crippen molar-refractivity contribution in [2.75, 3.05) is 11.1 Å². The first-order valence-corrected chi connectivity index (χ1v) is 17.0. The molecule has 2 aromatic heterocycles. The quantitative estimate of drug-likeness (QED) is 0.114. The second-order valence-electron chi connectivity index (χ2n) is 11.0. The van der Waals surface area contributed by atoms with Crippen LogP contribution in [0.15, 0.2) is 54.7 Å². The van der Waals surface area contributed by atoms with E-state index in [9.17, 15) is 32.3 Å². The molecular formula is C38H50F5N5O3. The zero-order valence-electron chi connectivity index (χ0n) is 30.9. The first-order chi connectivity index (χ1) is 24.0. The Morgan fingerprint density at radius 3 is 2.12 bits per heavy atom. The van der Waals surface area contributed by atoms with Crippen molar-refractivity contribution < 1.29 is 36.6 Å². The molecule has 0 spiro atoms. The van der Waals surface area contributed by atoms with Crippen LogP contribution < -0.4 is 16.4 Å². The topological polar surface area (TPSA) is 130 Å². The number of nitrogens with two attached hydrogens (primary N) is 1. The van der Waals surface area contributed by atoms with Gasteiger partial charge in [-0.2, -0.15) is 0 Å². The molecule has 13 heteroatoms. The van der Waals surface area contributed by atoms with E-state index >= 15 is 4.39 Å². The number of rotatable bonds is 11. The van der Waals surface area contributed by atoms with Crippen molar-refractivity contribution in [1.82, 2.24) is 15.3 Å². The molecule has 0 fully saturated rings. The van der Waals surface area contributed by atoms with Crippen molar-refractivity contribution in [3.63, 3.8) is 0 Å². The minimum absolute atomic E-state index is 0.0136. The Kier molecular flexibility index (Phi) is 16.9. The number of aryl methyl sites for hydroxylation is 1. The Balaban J connectivity index is 0.00000206. The molecule has 0 radical (unpaired) electrons. The van der Waals surface area contributed by atoms with E-state index in [1.807, 2.05) is 41.5 Å². The first kappa shape index (κ1) is 44.2. The van der Waals surface area contributed by atoms with Gasteiger partial charge in [-0.3, -0.25) is 9.78 Å². The fraction of sp³-hybridized carbons (Fsp3) is 0.421. The number of amides is 1. The van der Waals surface area contributed by atoms with Gasteiger partial charge >= 0.3 is 5.97 Å². The third-order valence-corrected chi connectivity index (χ3v) is 7.41. The first-order valence-electron chi connectivity index (χ1n) is 17.0. The van der Waals surface area contributed by atoms with Gasteiger partial charge in [-0.25, -0.2) is 31.7 Å². The standard InChI is InChI=1S/C32H32F5N5O3.3C2H6/c1-5-24(32(4,36)37)40-18-13-16(2)26(22(33)15-18)29(43)41-23(30(44)45)14-17-8-9-20(27-19(17)7-6-12-39-27)28-21(31(3,34)35)10-11-25(38)42-28;3*1-2/h6-13,15,23-24,40H,5,14H2,1-4H3,(H2,38,42)(H,41,43)(H,44,45);3*1-2H3/t23-,24+;;;/m0.../s1. The highest BCUT2D eigenvalue weighted by Crippen LogP contribution is 2.38. The number of alkyl halides is 4. The maximum Gasteiger partial charge on any atom is 0.326 e. The molecule has 0 bridgehead atoms. The zero-order valence-corrected chi connectivity index (χ0v) is 30.9. The van der Waals surface area contributed by atoms with E-state index in [4.69, 9.17) is 5.73 Å². The number of carboxylic acids is 1. The minimum Gasteiger partial charge on any atom is -0.480 e. The number of nitrogens with zero attached hydrogens (tertiary/aromatic N) is 2. The molecule has 0 saturated carbocycles. The Labute approximate surface area is 297 Å². The summed E-state index contributed by atoms with van der Waals surface area (Å²) in [7, 11) is 0. The number of carbonyl (C=O) groups is 2. The lowest BCUT2D eigenvalue weighted by Crippen LogP contribution is -2.43. The molecule has 8 nitrogen and oxygen atoms in total. The summed E-state index contributed by atoms with van der Waals surface area (Å²) in [5.74, 6) is -9.78. The van der Waals surface area contributed by atoms with Crippen LogP contribution in [0.2, 0.25) is 0 Å². The van der Waals surface area contributed by atoms with Crippen LogP contribution in [-0.4, -0.2) is 45.0 Å². The molecule has 1 amide bonds. The van der Waals surface area contributed by atoms with E-state index in [0.29, 0.717) is 10.9 Å². The molecule has 5 N–H and O–H groups in total. The van der Waals surface area contributed by atoms with Gasteiger partial charge in [0, 0.05) is 48.7 Å². The van der Waals surface area contributed by atoms with Gasteiger partial charge in [0.25, 0.3) is 17.8 Å². The van der Waals surface area contributed by atoms with Crippen LogP contribution in [0.5, 0.6) is 0 Å². The van der Waals surface area contributed by atoms with Crippen molar-refractivity contribution in [2.45, 2.75) is 106 Å². The SMILES string of the molecule is CC.CC.CC.CC[C@@H](Nc1cc(C)c(C(=O)N[C@@H](Cc2ccc(-c3nc(N)ccc3C(C)(F)F)c3ncccc23)C(=O)O)c(F)c1)C(C)(F)F. The highest BCUT2D eigenvalue weighted by molar-refractivity contribution is 5.99. The summed E-state index contributed by atoms with van der Waals surface area (Å²) in [5, 5.41) is 15.3. The maximum absolute atomic E-state index is 15.1. The third-order valence-electron chi connectivity index (χ3n) is 7.41. The van der Waals surface area contributed by atoms with Crippen LogP contribution in [0.4, 0.5) is 33.5 Å². The van der Waals surface area contributed by atoms with E-state index in [0.717, 1.165) is 19.9 Å². The largest absolute Gasteiger partial charge is 0.480 e. The van der Waals surface area contributed by atoms with Crippen LogP contribution in [-0.2, 0) is 17.1 Å². The highest BCUT2D eigenvalue weighted by Gasteiger charge is 2.33. The van der Waals surface area contributed by atoms with Gasteiger partial charge in [0.2, 0.25) is 0 Å². The highest BCUT2D eigenvalue weighted by atomic mass is 19.3. The predicted molar refractivity (Wildman–Crippen MR) is 195 cm³/mol. The summed E-state index contributed by atoms with van der Waals surface area (Å²) < 4.78 is 71.8. The second kappa shape index (κ2) is 19.5. The van der Waals surface area contributed by atoms with Crippen LogP contribution in [0.25, 0.3) is 22.2 Å². The Morgan fingerprint density at radius 2 is 1.59 bits per heavy atom. The number of carboxylic acid groups (broad SMARTS) is 1. The molecule has 51 heavy (non-hydrogen) atoms. The second-order valence-corrected chi connectivity index (χ2v) is 11.0. The normalized spacial score (nSPS) is 12.1. The number of benzene rings is 2. The van der Waals surface area contributed by atoms with Crippen molar-refractivity contribution >= 4 is 34.3 Å². The summed E-state index contributed by atoms with van der Waals surface area (Å²) in [6.07, 6.45) is 1.23. The number of halogens is 5. The maximum atomic E-state index is 15.1. The number of hydrogen-bond donors (Lipinski definition) is 4. The number of aliphatic carboxylic acids is 1. The summed E-state index contributed by atoms with van der Waals surface area (Å²) in [4.78, 5) is 33.9. The predicted octanol–water partition coefficient (Wildman–Crippen LogP) is 9.79. The number of anilines is 2. The Hall–Kier alpha value is -4.81. The van der Waals surface area contributed by atoms with Crippen LogP contribution >= 0.6 is 0 Å². The van der Waals surface area contributed by atoms with E-state index < -0.39 is 47.2 Å². The fourth-order valence-electron chi connectivity index (χ4n) is 5.19. The molecule has 0 unspecified atom stereocenters. The minimum atomic E-state index is -3.26. The molecule has 0 aliphatic carbocycles. The molecule has 0 saturated heterocycles. The molecule has 4 aromatic rings. The molecular weight excluding hydrogens is 669 g/mol. The number of pyridine rings is 2. The summed E-state index contributed by atoms with van der Waals surface area (Å²) in [6.45, 7) is 16.4. The van der Waals surface area contributed by atoms with Crippen LogP contribution in [0, 0.1) is 12.7 Å². The number of aromatic nitrogens is 2. The van der Waals surface area contributed by atoms with Crippen LogP contribution in [0.3, 0.4) is 0 Å². The lowest BCUT2D eigenvalue weighted by Gasteiger charge is -2.25. The molecule has 0 aliphatic rings. The zero-order chi connectivity index (χ0) is 39.3. The van der Waals surface area contributed by atoms with Gasteiger partial charge in [-0.05, 0) is 54.8 Å². The van der Waals surface area contributed by atoms with Gasteiger partial charge in [-0.15, -0.1) is 0 Å². The summed E-state index contributed by atoms with van der Waals surface area (Å²) >= 11 is 0. The van der Waals surface area contributed by atoms with E-state index in [1.54, 1.807) is 19.1 Å².